The highest BCUT2D eigenvalue weighted by molar-refractivity contribution is 4.84. The van der Waals surface area contributed by atoms with E-state index in [1.165, 1.54) is 38.6 Å². The Kier molecular flexibility index (Phi) is 4.97. The Labute approximate surface area is 87.9 Å². The zero-order chi connectivity index (χ0) is 10.4. The van der Waals surface area contributed by atoms with E-state index in [9.17, 15) is 0 Å². The van der Waals surface area contributed by atoms with Crippen LogP contribution in [0.2, 0.25) is 0 Å². The predicted octanol–water partition coefficient (Wildman–Crippen LogP) is 2.94. The Morgan fingerprint density at radius 2 is 2.21 bits per heavy atom. The first kappa shape index (κ1) is 11.5. The van der Waals surface area contributed by atoms with Gasteiger partial charge in [0, 0.05) is 12.1 Å². The number of rotatable bonds is 3. The largest absolute Gasteiger partial charge is 0.297 e. The van der Waals surface area contributed by atoms with Crippen LogP contribution in [0.4, 0.5) is 0 Å². The van der Waals surface area contributed by atoms with Crippen LogP contribution in [0.1, 0.15) is 52.4 Å². The van der Waals surface area contributed by atoms with Crippen LogP contribution < -0.4 is 0 Å². The van der Waals surface area contributed by atoms with E-state index in [0.29, 0.717) is 12.5 Å². The molecule has 1 heterocycles. The number of nitriles is 1. The van der Waals surface area contributed by atoms with Gasteiger partial charge in [0.25, 0.3) is 0 Å². The molecule has 2 nitrogen and oxygen atoms in total. The maximum atomic E-state index is 8.72. The van der Waals surface area contributed by atoms with Gasteiger partial charge in [-0.25, -0.2) is 0 Å². The Morgan fingerprint density at radius 1 is 1.43 bits per heavy atom. The number of likely N-dealkylation sites (tertiary alicyclic amines) is 1. The molecule has 14 heavy (non-hydrogen) atoms. The Bertz CT molecular complexity index is 195. The summed E-state index contributed by atoms with van der Waals surface area (Å²) in [6, 6.07) is 3.46. The van der Waals surface area contributed by atoms with Gasteiger partial charge in [-0.05, 0) is 32.7 Å². The molecule has 0 amide bonds. The second-order valence-electron chi connectivity index (χ2n) is 4.36. The molecule has 1 aliphatic rings. The van der Waals surface area contributed by atoms with Gasteiger partial charge in [0.1, 0.15) is 0 Å². The summed E-state index contributed by atoms with van der Waals surface area (Å²) in [5.41, 5.74) is 0. The van der Waals surface area contributed by atoms with Gasteiger partial charge in [-0.3, -0.25) is 4.90 Å². The van der Waals surface area contributed by atoms with Crippen molar-refractivity contribution in [2.45, 2.75) is 64.5 Å². The molecule has 2 heteroatoms. The van der Waals surface area contributed by atoms with Gasteiger partial charge in [0.05, 0.1) is 12.5 Å². The zero-order valence-electron chi connectivity index (χ0n) is 9.50. The average molecular weight is 194 g/mol. The van der Waals surface area contributed by atoms with Crippen LogP contribution in [-0.2, 0) is 0 Å². The lowest BCUT2D eigenvalue weighted by molar-refractivity contribution is 0.144. The Morgan fingerprint density at radius 3 is 2.86 bits per heavy atom. The lowest BCUT2D eigenvalue weighted by Gasteiger charge is -2.33. The summed E-state index contributed by atoms with van der Waals surface area (Å²) in [5.74, 6) is 0. The van der Waals surface area contributed by atoms with Crippen molar-refractivity contribution in [1.29, 1.82) is 5.26 Å². The molecule has 1 fully saturated rings. The Hall–Kier alpha value is -0.550. The van der Waals surface area contributed by atoms with Crippen LogP contribution in [0.3, 0.4) is 0 Å². The maximum Gasteiger partial charge on any atom is 0.0638 e. The molecule has 0 aromatic heterocycles. The molecule has 2 unspecified atom stereocenters. The van der Waals surface area contributed by atoms with E-state index in [1.807, 2.05) is 0 Å². The highest BCUT2D eigenvalue weighted by Crippen LogP contribution is 2.22. The minimum absolute atomic E-state index is 0.447. The molecule has 0 bridgehead atoms. The predicted molar refractivity (Wildman–Crippen MR) is 58.9 cm³/mol. The van der Waals surface area contributed by atoms with Gasteiger partial charge >= 0.3 is 0 Å². The molecule has 1 aliphatic heterocycles. The molecule has 2 atom stereocenters. The third-order valence-electron chi connectivity index (χ3n) is 3.35. The van der Waals surface area contributed by atoms with Gasteiger partial charge in [-0.15, -0.1) is 0 Å². The first-order valence-electron chi connectivity index (χ1n) is 5.92. The van der Waals surface area contributed by atoms with Crippen LogP contribution in [0, 0.1) is 11.3 Å². The monoisotopic (exact) mass is 194 g/mol. The van der Waals surface area contributed by atoms with Crippen LogP contribution in [0.15, 0.2) is 0 Å². The summed E-state index contributed by atoms with van der Waals surface area (Å²) in [7, 11) is 0. The van der Waals surface area contributed by atoms with Crippen LogP contribution in [0.25, 0.3) is 0 Å². The zero-order valence-corrected chi connectivity index (χ0v) is 9.50. The Balaban J connectivity index is 2.56. The smallest absolute Gasteiger partial charge is 0.0638 e. The highest BCUT2D eigenvalue weighted by Gasteiger charge is 2.23. The molecule has 0 radical (unpaired) electrons. The third kappa shape index (κ3) is 2.99. The molecule has 0 aromatic carbocycles. The minimum Gasteiger partial charge on any atom is -0.297 e. The standard InChI is InChI=1S/C12H22N2/c1-3-12-7-5-4-6-10-14(12)11(2)8-9-13/h11-12H,3-8,10H2,1-2H3. The topological polar surface area (TPSA) is 27.0 Å². The summed E-state index contributed by atoms with van der Waals surface area (Å²) < 4.78 is 0. The van der Waals surface area contributed by atoms with Crippen molar-refractivity contribution in [3.05, 3.63) is 0 Å². The van der Waals surface area contributed by atoms with Crippen molar-refractivity contribution in [2.75, 3.05) is 6.54 Å². The average Bonchev–Trinajstić information content (AvgIpc) is 2.42. The number of hydrogen-bond acceptors (Lipinski definition) is 2. The maximum absolute atomic E-state index is 8.72. The second-order valence-corrected chi connectivity index (χ2v) is 4.36. The molecular weight excluding hydrogens is 172 g/mol. The molecule has 80 valence electrons. The lowest BCUT2D eigenvalue weighted by atomic mass is 10.1. The van der Waals surface area contributed by atoms with E-state index >= 15 is 0 Å². The highest BCUT2D eigenvalue weighted by atomic mass is 15.2. The summed E-state index contributed by atoms with van der Waals surface area (Å²) in [6.07, 6.45) is 7.28. The first-order valence-corrected chi connectivity index (χ1v) is 5.92. The van der Waals surface area contributed by atoms with Gasteiger partial charge in [0.15, 0.2) is 0 Å². The van der Waals surface area contributed by atoms with Crippen LogP contribution >= 0.6 is 0 Å². The lowest BCUT2D eigenvalue weighted by Crippen LogP contribution is -2.41. The molecular formula is C12H22N2. The summed E-state index contributed by atoms with van der Waals surface area (Å²) in [4.78, 5) is 2.55. The van der Waals surface area contributed by atoms with Gasteiger partial charge in [-0.1, -0.05) is 19.8 Å². The molecule has 0 N–H and O–H groups in total. The fraction of sp³-hybridized carbons (Fsp3) is 0.917. The molecule has 0 aliphatic carbocycles. The fourth-order valence-electron chi connectivity index (χ4n) is 2.47. The van der Waals surface area contributed by atoms with Gasteiger partial charge in [0.2, 0.25) is 0 Å². The SMILES string of the molecule is CCC1CCCCCN1C(C)CC#N. The quantitative estimate of drug-likeness (QED) is 0.690. The van der Waals surface area contributed by atoms with Gasteiger partial charge in [-0.2, -0.15) is 5.26 Å². The molecule has 0 saturated carbocycles. The fourth-order valence-corrected chi connectivity index (χ4v) is 2.47. The first-order chi connectivity index (χ1) is 6.79. The van der Waals surface area contributed by atoms with Crippen molar-refractivity contribution in [3.63, 3.8) is 0 Å². The second kappa shape index (κ2) is 6.03. The van der Waals surface area contributed by atoms with E-state index in [-0.39, 0.29) is 0 Å². The van der Waals surface area contributed by atoms with Crippen molar-refractivity contribution in [2.24, 2.45) is 0 Å². The van der Waals surface area contributed by atoms with E-state index < -0.39 is 0 Å². The van der Waals surface area contributed by atoms with E-state index in [2.05, 4.69) is 24.8 Å². The summed E-state index contributed by atoms with van der Waals surface area (Å²) >= 11 is 0. The van der Waals surface area contributed by atoms with Crippen LogP contribution in [0.5, 0.6) is 0 Å². The number of nitrogens with zero attached hydrogens (tertiary/aromatic N) is 2. The summed E-state index contributed by atoms with van der Waals surface area (Å²) in [5, 5.41) is 8.72. The third-order valence-corrected chi connectivity index (χ3v) is 3.35. The molecule has 1 rings (SSSR count). The normalized spacial score (nSPS) is 26.5. The van der Waals surface area contributed by atoms with E-state index in [4.69, 9.17) is 5.26 Å². The van der Waals surface area contributed by atoms with Crippen molar-refractivity contribution in [3.8, 4) is 6.07 Å². The van der Waals surface area contributed by atoms with E-state index in [0.717, 1.165) is 6.04 Å². The van der Waals surface area contributed by atoms with E-state index in [1.54, 1.807) is 0 Å². The van der Waals surface area contributed by atoms with Crippen molar-refractivity contribution >= 4 is 0 Å². The minimum atomic E-state index is 0.447. The molecule has 1 saturated heterocycles. The van der Waals surface area contributed by atoms with Crippen LogP contribution in [-0.4, -0.2) is 23.5 Å². The summed E-state index contributed by atoms with van der Waals surface area (Å²) in [6.45, 7) is 5.65. The van der Waals surface area contributed by atoms with Crippen molar-refractivity contribution < 1.29 is 0 Å². The molecule has 0 spiro atoms. The molecule has 0 aromatic rings. The van der Waals surface area contributed by atoms with Crippen molar-refractivity contribution in [1.82, 2.24) is 4.90 Å². The number of hydrogen-bond donors (Lipinski definition) is 0. The van der Waals surface area contributed by atoms with Gasteiger partial charge < -0.3 is 0 Å².